The molecule has 0 bridgehead atoms. The predicted molar refractivity (Wildman–Crippen MR) is 124 cm³/mol. The second-order valence-corrected chi connectivity index (χ2v) is 8.19. The second-order valence-electron chi connectivity index (χ2n) is 8.19. The van der Waals surface area contributed by atoms with Crippen molar-refractivity contribution in [3.63, 3.8) is 0 Å². The molecule has 0 saturated carbocycles. The molecule has 0 atom stereocenters. The number of furan rings is 1. The Kier molecular flexibility index (Phi) is 5.60. The number of carbonyl (C=O) groups excluding carboxylic acids is 1. The van der Waals surface area contributed by atoms with Crippen LogP contribution in [0.3, 0.4) is 0 Å². The Morgan fingerprint density at radius 3 is 2.38 bits per heavy atom. The zero-order valence-electron chi connectivity index (χ0n) is 18.1. The highest BCUT2D eigenvalue weighted by atomic mass is 16.3. The number of benzene rings is 2. The van der Waals surface area contributed by atoms with E-state index in [1.807, 2.05) is 60.4 Å². The van der Waals surface area contributed by atoms with Crippen LogP contribution in [0.4, 0.5) is 0 Å². The summed E-state index contributed by atoms with van der Waals surface area (Å²) >= 11 is 0. The number of aryl methyl sites for hydroxylation is 1. The normalized spacial score (nSPS) is 14.6. The summed E-state index contributed by atoms with van der Waals surface area (Å²) in [6, 6.07) is 24.0. The lowest BCUT2D eigenvalue weighted by Gasteiger charge is -2.34. The summed E-state index contributed by atoms with van der Waals surface area (Å²) in [7, 11) is 0. The summed E-state index contributed by atoms with van der Waals surface area (Å²) in [6.45, 7) is 6.05. The van der Waals surface area contributed by atoms with Crippen LogP contribution in [-0.4, -0.2) is 51.7 Å². The van der Waals surface area contributed by atoms with E-state index in [-0.39, 0.29) is 5.91 Å². The van der Waals surface area contributed by atoms with Crippen LogP contribution in [0, 0.1) is 6.92 Å². The molecule has 0 N–H and O–H groups in total. The smallest absolute Gasteiger partial charge is 0.272 e. The van der Waals surface area contributed by atoms with Crippen LogP contribution in [0.1, 0.15) is 21.6 Å². The first-order valence-electron chi connectivity index (χ1n) is 10.9. The third-order valence-corrected chi connectivity index (χ3v) is 5.89. The number of rotatable bonds is 5. The van der Waals surface area contributed by atoms with Crippen LogP contribution in [0.15, 0.2) is 83.5 Å². The molecule has 1 saturated heterocycles. The Bertz CT molecular complexity index is 1170. The van der Waals surface area contributed by atoms with Crippen molar-refractivity contribution in [2.45, 2.75) is 13.5 Å². The van der Waals surface area contributed by atoms with Gasteiger partial charge in [0, 0.05) is 38.8 Å². The first-order chi connectivity index (χ1) is 15.7. The Balaban J connectivity index is 1.36. The van der Waals surface area contributed by atoms with Gasteiger partial charge in [-0.2, -0.15) is 5.10 Å². The Morgan fingerprint density at radius 2 is 1.69 bits per heavy atom. The maximum Gasteiger partial charge on any atom is 0.272 e. The zero-order chi connectivity index (χ0) is 21.9. The van der Waals surface area contributed by atoms with Gasteiger partial charge in [0.25, 0.3) is 5.91 Å². The highest BCUT2D eigenvalue weighted by molar-refractivity contribution is 5.94. The maximum absolute atomic E-state index is 13.5. The molecule has 2 aromatic heterocycles. The van der Waals surface area contributed by atoms with Gasteiger partial charge in [0.1, 0.15) is 11.4 Å². The lowest BCUT2D eigenvalue weighted by Crippen LogP contribution is -2.48. The van der Waals surface area contributed by atoms with E-state index in [1.54, 1.807) is 10.9 Å². The molecule has 32 heavy (non-hydrogen) atoms. The van der Waals surface area contributed by atoms with Gasteiger partial charge in [-0.05, 0) is 36.8 Å². The number of nitrogens with zero attached hydrogens (tertiary/aromatic N) is 4. The number of amides is 1. The van der Waals surface area contributed by atoms with Crippen LogP contribution in [0.25, 0.3) is 17.1 Å². The predicted octanol–water partition coefficient (Wildman–Crippen LogP) is 4.40. The van der Waals surface area contributed by atoms with E-state index in [2.05, 4.69) is 29.2 Å². The summed E-state index contributed by atoms with van der Waals surface area (Å²) in [5, 5.41) is 4.70. The molecule has 1 aliphatic rings. The van der Waals surface area contributed by atoms with E-state index in [9.17, 15) is 4.79 Å². The van der Waals surface area contributed by atoms with Crippen molar-refractivity contribution in [3.8, 4) is 17.1 Å². The van der Waals surface area contributed by atoms with E-state index in [0.717, 1.165) is 30.9 Å². The van der Waals surface area contributed by atoms with Crippen molar-refractivity contribution in [2.24, 2.45) is 0 Å². The van der Waals surface area contributed by atoms with Gasteiger partial charge < -0.3 is 9.32 Å². The van der Waals surface area contributed by atoms with Gasteiger partial charge in [-0.3, -0.25) is 9.69 Å². The van der Waals surface area contributed by atoms with Crippen molar-refractivity contribution in [1.82, 2.24) is 19.6 Å². The van der Waals surface area contributed by atoms with E-state index in [1.165, 1.54) is 5.56 Å². The fourth-order valence-electron chi connectivity index (χ4n) is 4.07. The van der Waals surface area contributed by atoms with Crippen LogP contribution in [0.2, 0.25) is 0 Å². The third kappa shape index (κ3) is 4.22. The number of hydrogen-bond acceptors (Lipinski definition) is 4. The first-order valence-corrected chi connectivity index (χ1v) is 10.9. The first kappa shape index (κ1) is 20.3. The lowest BCUT2D eigenvalue weighted by atomic mass is 10.2. The summed E-state index contributed by atoms with van der Waals surface area (Å²) < 4.78 is 7.26. The zero-order valence-corrected chi connectivity index (χ0v) is 18.1. The average Bonchev–Trinajstić information content (AvgIpc) is 3.51. The van der Waals surface area contributed by atoms with Gasteiger partial charge in [0.2, 0.25) is 0 Å². The number of carbonyl (C=O) groups is 1. The highest BCUT2D eigenvalue weighted by Crippen LogP contribution is 2.24. The van der Waals surface area contributed by atoms with Gasteiger partial charge in [0.05, 0.1) is 12.0 Å². The van der Waals surface area contributed by atoms with Crippen molar-refractivity contribution >= 4 is 5.91 Å². The SMILES string of the molecule is Cc1ccc(-n2nc(-c3ccco3)cc2C(=O)N2CCN(Cc3ccccc3)CC2)cc1. The molecule has 4 aromatic rings. The number of piperazine rings is 1. The Morgan fingerprint density at radius 1 is 0.938 bits per heavy atom. The topological polar surface area (TPSA) is 54.5 Å². The lowest BCUT2D eigenvalue weighted by molar-refractivity contribution is 0.0619. The molecule has 1 aliphatic heterocycles. The summed E-state index contributed by atoms with van der Waals surface area (Å²) in [6.07, 6.45) is 1.62. The fraction of sp³-hybridized carbons (Fsp3) is 0.231. The third-order valence-electron chi connectivity index (χ3n) is 5.89. The van der Waals surface area contributed by atoms with Crippen LogP contribution in [0.5, 0.6) is 0 Å². The number of aromatic nitrogens is 2. The minimum Gasteiger partial charge on any atom is -0.463 e. The Hall–Kier alpha value is -3.64. The minimum atomic E-state index is -0.00441. The molecule has 0 radical (unpaired) electrons. The summed E-state index contributed by atoms with van der Waals surface area (Å²) in [4.78, 5) is 17.8. The van der Waals surface area contributed by atoms with E-state index in [4.69, 9.17) is 9.52 Å². The van der Waals surface area contributed by atoms with Gasteiger partial charge in [-0.25, -0.2) is 4.68 Å². The highest BCUT2D eigenvalue weighted by Gasteiger charge is 2.26. The largest absolute Gasteiger partial charge is 0.463 e. The molecule has 162 valence electrons. The fourth-order valence-corrected chi connectivity index (χ4v) is 4.07. The maximum atomic E-state index is 13.5. The molecule has 6 heteroatoms. The van der Waals surface area contributed by atoms with Crippen LogP contribution < -0.4 is 0 Å². The quantitative estimate of drug-likeness (QED) is 0.475. The van der Waals surface area contributed by atoms with E-state index in [0.29, 0.717) is 30.2 Å². The van der Waals surface area contributed by atoms with Crippen molar-refractivity contribution in [1.29, 1.82) is 0 Å². The van der Waals surface area contributed by atoms with Gasteiger partial charge in [-0.15, -0.1) is 0 Å². The second kappa shape index (κ2) is 8.85. The molecule has 0 spiro atoms. The van der Waals surface area contributed by atoms with E-state index >= 15 is 0 Å². The molecule has 1 amide bonds. The van der Waals surface area contributed by atoms with E-state index < -0.39 is 0 Å². The molecule has 5 rings (SSSR count). The molecule has 2 aromatic carbocycles. The standard InChI is InChI=1S/C26H26N4O2/c1-20-9-11-22(12-10-20)30-24(18-23(27-30)25-8-5-17-32-25)26(31)29-15-13-28(14-16-29)19-21-6-3-2-4-7-21/h2-12,17-18H,13-16,19H2,1H3. The molecule has 0 aliphatic carbocycles. The molecule has 3 heterocycles. The molecular weight excluding hydrogens is 400 g/mol. The van der Waals surface area contributed by atoms with Crippen molar-refractivity contribution < 1.29 is 9.21 Å². The average molecular weight is 427 g/mol. The summed E-state index contributed by atoms with van der Waals surface area (Å²) in [5.74, 6) is 0.646. The van der Waals surface area contributed by atoms with Crippen molar-refractivity contribution in [2.75, 3.05) is 26.2 Å². The molecule has 0 unspecified atom stereocenters. The number of hydrogen-bond donors (Lipinski definition) is 0. The van der Waals surface area contributed by atoms with Gasteiger partial charge in [0.15, 0.2) is 5.76 Å². The van der Waals surface area contributed by atoms with Gasteiger partial charge in [-0.1, -0.05) is 48.0 Å². The van der Waals surface area contributed by atoms with Gasteiger partial charge >= 0.3 is 0 Å². The Labute approximate surface area is 187 Å². The molecular formula is C26H26N4O2. The minimum absolute atomic E-state index is 0.00441. The monoisotopic (exact) mass is 426 g/mol. The molecule has 6 nitrogen and oxygen atoms in total. The van der Waals surface area contributed by atoms with Crippen molar-refractivity contribution in [3.05, 3.63) is 95.9 Å². The van der Waals surface area contributed by atoms with Crippen LogP contribution in [-0.2, 0) is 6.54 Å². The van der Waals surface area contributed by atoms with Crippen LogP contribution >= 0.6 is 0 Å². The molecule has 1 fully saturated rings. The summed E-state index contributed by atoms with van der Waals surface area (Å²) in [5.41, 5.74) is 4.53.